The van der Waals surface area contributed by atoms with Gasteiger partial charge in [0.1, 0.15) is 5.82 Å². The smallest absolute Gasteiger partial charge is 0.475 e. The number of aromatic nitrogens is 3. The summed E-state index contributed by atoms with van der Waals surface area (Å²) in [7, 11) is 0. The summed E-state index contributed by atoms with van der Waals surface area (Å²) in [5, 5.41) is 23.5. The molecular formula is C22H24F3N7O4. The summed E-state index contributed by atoms with van der Waals surface area (Å²) in [5.74, 6) is -3.26. The minimum atomic E-state index is -5.08. The maximum Gasteiger partial charge on any atom is 0.490 e. The van der Waals surface area contributed by atoms with Crippen molar-refractivity contribution in [3.63, 3.8) is 0 Å². The molecule has 4 rings (SSSR count). The molecule has 0 atom stereocenters. The molecule has 0 bridgehead atoms. The molecule has 2 aromatic heterocycles. The van der Waals surface area contributed by atoms with E-state index in [4.69, 9.17) is 9.90 Å². The number of rotatable bonds is 4. The average Bonchev–Trinajstić information content (AvgIpc) is 3.30. The lowest BCUT2D eigenvalue weighted by Gasteiger charge is -2.28. The van der Waals surface area contributed by atoms with Gasteiger partial charge in [-0.1, -0.05) is 0 Å². The van der Waals surface area contributed by atoms with Crippen LogP contribution in [-0.2, 0) is 20.9 Å². The van der Waals surface area contributed by atoms with Gasteiger partial charge >= 0.3 is 24.0 Å². The molecule has 0 saturated carbocycles. The molecule has 1 saturated heterocycles. The topological polar surface area (TPSA) is 152 Å². The van der Waals surface area contributed by atoms with Gasteiger partial charge in [0.15, 0.2) is 0 Å². The van der Waals surface area contributed by atoms with E-state index in [0.717, 1.165) is 54.0 Å². The van der Waals surface area contributed by atoms with Crippen LogP contribution in [0.1, 0.15) is 11.1 Å². The third-order valence-electron chi connectivity index (χ3n) is 5.19. The lowest BCUT2D eigenvalue weighted by molar-refractivity contribution is -0.192. The number of benzene rings is 1. The number of amides is 2. The Bertz CT molecular complexity index is 1240. The number of carboxylic acids is 1. The standard InChI is InChI=1S/C20H23N7O2.C2HF3O2/c1-13-8-17-15(12-24-26-17)10-16(13)25-20(29)19(28)23-11-14-2-3-22-18(9-14)27-6-4-21-5-7-27;3-2(4,5)1(6)7/h2-3,8-10,12,21H,4-7,11H2,1H3,(H,23,28)(H,24,26)(H,25,29);(H,6,7). The highest BCUT2D eigenvalue weighted by atomic mass is 19.4. The van der Waals surface area contributed by atoms with Crippen LogP contribution in [0.2, 0.25) is 0 Å². The molecule has 0 radical (unpaired) electrons. The Balaban J connectivity index is 0.000000454. The van der Waals surface area contributed by atoms with E-state index in [1.165, 1.54) is 0 Å². The van der Waals surface area contributed by atoms with Crippen LogP contribution < -0.4 is 20.9 Å². The summed E-state index contributed by atoms with van der Waals surface area (Å²) >= 11 is 0. The van der Waals surface area contributed by atoms with Crippen LogP contribution in [0.5, 0.6) is 0 Å². The molecule has 14 heteroatoms. The van der Waals surface area contributed by atoms with Crippen LogP contribution in [0.15, 0.2) is 36.7 Å². The molecule has 1 fully saturated rings. The second kappa shape index (κ2) is 11.5. The summed E-state index contributed by atoms with van der Waals surface area (Å²) in [6.07, 6.45) is -1.69. The Morgan fingerprint density at radius 3 is 2.50 bits per heavy atom. The van der Waals surface area contributed by atoms with Gasteiger partial charge in [0.2, 0.25) is 0 Å². The fraction of sp³-hybridized carbons (Fsp3) is 0.318. The average molecular weight is 507 g/mol. The van der Waals surface area contributed by atoms with Crippen molar-refractivity contribution in [1.29, 1.82) is 0 Å². The fourth-order valence-corrected chi connectivity index (χ4v) is 3.31. The highest BCUT2D eigenvalue weighted by Gasteiger charge is 2.38. The second-order valence-electron chi connectivity index (χ2n) is 7.82. The molecule has 3 heterocycles. The molecule has 0 aliphatic carbocycles. The summed E-state index contributed by atoms with van der Waals surface area (Å²) in [6, 6.07) is 7.45. The largest absolute Gasteiger partial charge is 0.490 e. The van der Waals surface area contributed by atoms with E-state index < -0.39 is 24.0 Å². The molecule has 1 aromatic carbocycles. The number of hydrogen-bond donors (Lipinski definition) is 5. The van der Waals surface area contributed by atoms with Crippen LogP contribution in [0.4, 0.5) is 24.7 Å². The molecule has 192 valence electrons. The maximum atomic E-state index is 12.3. The molecule has 5 N–H and O–H groups in total. The Kier molecular flexibility index (Phi) is 8.42. The van der Waals surface area contributed by atoms with Crippen molar-refractivity contribution in [2.24, 2.45) is 0 Å². The number of aromatic amines is 1. The first-order valence-electron chi connectivity index (χ1n) is 10.8. The van der Waals surface area contributed by atoms with Crippen LogP contribution in [-0.4, -0.2) is 70.4 Å². The van der Waals surface area contributed by atoms with Gasteiger partial charge in [-0.05, 0) is 42.3 Å². The van der Waals surface area contributed by atoms with Crippen molar-refractivity contribution in [3.8, 4) is 0 Å². The van der Waals surface area contributed by atoms with E-state index in [9.17, 15) is 22.8 Å². The first-order valence-corrected chi connectivity index (χ1v) is 10.8. The van der Waals surface area contributed by atoms with Gasteiger partial charge in [-0.15, -0.1) is 0 Å². The summed E-state index contributed by atoms with van der Waals surface area (Å²) in [6.45, 7) is 5.76. The number of carbonyl (C=O) groups is 3. The Hall–Kier alpha value is -4.20. The minimum absolute atomic E-state index is 0.258. The number of H-pyrrole nitrogens is 1. The number of carbonyl (C=O) groups excluding carboxylic acids is 2. The van der Waals surface area contributed by atoms with Gasteiger partial charge in [-0.3, -0.25) is 14.7 Å². The molecule has 36 heavy (non-hydrogen) atoms. The zero-order valence-electron chi connectivity index (χ0n) is 19.1. The van der Waals surface area contributed by atoms with E-state index in [-0.39, 0.29) is 6.54 Å². The van der Waals surface area contributed by atoms with E-state index >= 15 is 0 Å². The lowest BCUT2D eigenvalue weighted by atomic mass is 10.1. The Morgan fingerprint density at radius 1 is 1.14 bits per heavy atom. The number of anilines is 2. The van der Waals surface area contributed by atoms with E-state index in [0.29, 0.717) is 5.69 Å². The molecule has 2 amide bonds. The van der Waals surface area contributed by atoms with Crippen molar-refractivity contribution in [1.82, 2.24) is 25.8 Å². The quantitative estimate of drug-likeness (QED) is 0.334. The fourth-order valence-electron chi connectivity index (χ4n) is 3.31. The summed E-state index contributed by atoms with van der Waals surface area (Å²) in [4.78, 5) is 40.1. The third kappa shape index (κ3) is 7.15. The number of fused-ring (bicyclic) bond motifs is 1. The number of aliphatic carboxylic acids is 1. The Morgan fingerprint density at radius 2 is 1.83 bits per heavy atom. The third-order valence-corrected chi connectivity index (χ3v) is 5.19. The predicted octanol–water partition coefficient (Wildman–Crippen LogP) is 1.56. The number of carboxylic acid groups (broad SMARTS) is 1. The number of aryl methyl sites for hydroxylation is 1. The molecule has 0 unspecified atom stereocenters. The first kappa shape index (κ1) is 26.4. The van der Waals surface area contributed by atoms with Gasteiger partial charge in [0.05, 0.1) is 11.7 Å². The number of alkyl halides is 3. The van der Waals surface area contributed by atoms with Crippen LogP contribution >= 0.6 is 0 Å². The van der Waals surface area contributed by atoms with Gasteiger partial charge in [0, 0.05) is 50.0 Å². The zero-order valence-corrected chi connectivity index (χ0v) is 19.1. The van der Waals surface area contributed by atoms with E-state index in [2.05, 4.69) is 36.0 Å². The second-order valence-corrected chi connectivity index (χ2v) is 7.82. The molecule has 0 spiro atoms. The SMILES string of the molecule is Cc1cc2[nH]ncc2cc1NC(=O)C(=O)NCc1ccnc(N2CCNCC2)c1.O=C(O)C(F)(F)F. The van der Waals surface area contributed by atoms with Crippen molar-refractivity contribution in [2.45, 2.75) is 19.6 Å². The number of piperazine rings is 1. The maximum absolute atomic E-state index is 12.3. The lowest BCUT2D eigenvalue weighted by Crippen LogP contribution is -2.43. The van der Waals surface area contributed by atoms with Crippen molar-refractivity contribution in [3.05, 3.63) is 47.8 Å². The molecule has 1 aliphatic heterocycles. The van der Waals surface area contributed by atoms with Crippen molar-refractivity contribution < 1.29 is 32.7 Å². The van der Waals surface area contributed by atoms with Crippen LogP contribution in [0.3, 0.4) is 0 Å². The van der Waals surface area contributed by atoms with Gasteiger partial charge in [0.25, 0.3) is 0 Å². The molecule has 11 nitrogen and oxygen atoms in total. The summed E-state index contributed by atoms with van der Waals surface area (Å²) in [5.41, 5.74) is 3.20. The van der Waals surface area contributed by atoms with Gasteiger partial charge in [-0.25, -0.2) is 9.78 Å². The number of halogens is 3. The number of hydrogen-bond acceptors (Lipinski definition) is 7. The van der Waals surface area contributed by atoms with Crippen LogP contribution in [0.25, 0.3) is 10.9 Å². The molecule has 1 aliphatic rings. The van der Waals surface area contributed by atoms with Gasteiger partial charge in [-0.2, -0.15) is 18.3 Å². The number of pyridine rings is 1. The predicted molar refractivity (Wildman–Crippen MR) is 124 cm³/mol. The summed E-state index contributed by atoms with van der Waals surface area (Å²) < 4.78 is 31.7. The minimum Gasteiger partial charge on any atom is -0.475 e. The van der Waals surface area contributed by atoms with Crippen molar-refractivity contribution >= 4 is 40.2 Å². The first-order chi connectivity index (χ1) is 17.0. The van der Waals surface area contributed by atoms with Crippen LogP contribution in [0, 0.1) is 6.92 Å². The normalized spacial score (nSPS) is 13.5. The van der Waals surface area contributed by atoms with E-state index in [1.807, 2.05) is 25.1 Å². The molecule has 3 aromatic rings. The van der Waals surface area contributed by atoms with Gasteiger partial charge < -0.3 is 26.0 Å². The van der Waals surface area contributed by atoms with Crippen molar-refractivity contribution in [2.75, 3.05) is 36.4 Å². The van der Waals surface area contributed by atoms with E-state index in [1.54, 1.807) is 18.5 Å². The Labute approximate surface area is 203 Å². The zero-order chi connectivity index (χ0) is 26.3. The number of nitrogens with zero attached hydrogens (tertiary/aromatic N) is 3. The highest BCUT2D eigenvalue weighted by Crippen LogP contribution is 2.22. The highest BCUT2D eigenvalue weighted by molar-refractivity contribution is 6.39. The molecular weight excluding hydrogens is 483 g/mol. The monoisotopic (exact) mass is 507 g/mol. The number of nitrogens with one attached hydrogen (secondary N) is 4.